The number of nitrogens with zero attached hydrogens (tertiary/aromatic N) is 1. The van der Waals surface area contributed by atoms with Gasteiger partial charge in [-0.1, -0.05) is 42.0 Å². The minimum Gasteiger partial charge on any atom is -0.463 e. The van der Waals surface area contributed by atoms with Gasteiger partial charge in [-0.15, -0.1) is 0 Å². The summed E-state index contributed by atoms with van der Waals surface area (Å²) in [6.45, 7) is 2.06. The molecule has 0 radical (unpaired) electrons. The van der Waals surface area contributed by atoms with E-state index in [2.05, 4.69) is 31.2 Å². The van der Waals surface area contributed by atoms with Crippen molar-refractivity contribution in [2.75, 3.05) is 0 Å². The first-order chi connectivity index (χ1) is 12.2. The van der Waals surface area contributed by atoms with E-state index in [4.69, 9.17) is 9.40 Å². The Balaban J connectivity index is 1.88. The zero-order chi connectivity index (χ0) is 17.2. The monoisotopic (exact) mass is 329 g/mol. The quantitative estimate of drug-likeness (QED) is 0.452. The van der Waals surface area contributed by atoms with Crippen LogP contribution in [0, 0.1) is 12.7 Å². The molecule has 0 N–H and O–H groups in total. The summed E-state index contributed by atoms with van der Waals surface area (Å²) in [7, 11) is 0. The standard InChI is InChI=1S/C22H16FNO/c1-15-4-6-17(7-5-15)20-13-18(16-8-10-19(23)11-9-16)14-21(24-20)22-3-2-12-25-22/h2-14H,1H3. The van der Waals surface area contributed by atoms with Crippen LogP contribution in [0.1, 0.15) is 5.56 Å². The lowest BCUT2D eigenvalue weighted by atomic mass is 10.0. The van der Waals surface area contributed by atoms with E-state index >= 15 is 0 Å². The molecule has 2 nitrogen and oxygen atoms in total. The van der Waals surface area contributed by atoms with E-state index in [1.807, 2.05) is 24.3 Å². The second kappa shape index (κ2) is 6.36. The van der Waals surface area contributed by atoms with Gasteiger partial charge >= 0.3 is 0 Å². The summed E-state index contributed by atoms with van der Waals surface area (Å²) in [6.07, 6.45) is 1.63. The minimum absolute atomic E-state index is 0.247. The van der Waals surface area contributed by atoms with Gasteiger partial charge in [0.1, 0.15) is 11.5 Å². The van der Waals surface area contributed by atoms with Crippen molar-refractivity contribution in [1.29, 1.82) is 0 Å². The lowest BCUT2D eigenvalue weighted by Gasteiger charge is -2.09. The molecule has 2 aromatic heterocycles. The molecule has 0 saturated heterocycles. The number of furan rings is 1. The Labute approximate surface area is 145 Å². The first-order valence-corrected chi connectivity index (χ1v) is 8.08. The molecule has 0 aliphatic rings. The van der Waals surface area contributed by atoms with Gasteiger partial charge in [0.2, 0.25) is 0 Å². The molecule has 0 aliphatic carbocycles. The van der Waals surface area contributed by atoms with Crippen LogP contribution in [0.2, 0.25) is 0 Å². The van der Waals surface area contributed by atoms with Gasteiger partial charge < -0.3 is 4.42 Å². The van der Waals surface area contributed by atoms with Crippen LogP contribution in [0.25, 0.3) is 33.8 Å². The van der Waals surface area contributed by atoms with Crippen molar-refractivity contribution in [1.82, 2.24) is 4.98 Å². The summed E-state index contributed by atoms with van der Waals surface area (Å²) in [5, 5.41) is 0. The summed E-state index contributed by atoms with van der Waals surface area (Å²) in [4.78, 5) is 4.75. The molecule has 2 heterocycles. The largest absolute Gasteiger partial charge is 0.463 e. The SMILES string of the molecule is Cc1ccc(-c2cc(-c3ccc(F)cc3)cc(-c3ccco3)n2)cc1. The molecule has 3 heteroatoms. The van der Waals surface area contributed by atoms with Crippen molar-refractivity contribution in [2.45, 2.75) is 6.92 Å². The molecule has 0 bridgehead atoms. The van der Waals surface area contributed by atoms with Crippen LogP contribution in [-0.4, -0.2) is 4.98 Å². The lowest BCUT2D eigenvalue weighted by molar-refractivity contribution is 0.580. The Morgan fingerprint density at radius 1 is 0.760 bits per heavy atom. The number of hydrogen-bond donors (Lipinski definition) is 0. The molecule has 2 aromatic carbocycles. The van der Waals surface area contributed by atoms with Crippen molar-refractivity contribution < 1.29 is 8.81 Å². The van der Waals surface area contributed by atoms with Crippen LogP contribution >= 0.6 is 0 Å². The Bertz CT molecular complexity index is 924. The van der Waals surface area contributed by atoms with E-state index in [9.17, 15) is 4.39 Å². The van der Waals surface area contributed by atoms with Crippen molar-refractivity contribution in [2.24, 2.45) is 0 Å². The minimum atomic E-state index is -0.247. The summed E-state index contributed by atoms with van der Waals surface area (Å²) >= 11 is 0. The Kier molecular flexibility index (Phi) is 3.90. The molecule has 25 heavy (non-hydrogen) atoms. The van der Waals surface area contributed by atoms with Crippen LogP contribution in [0.4, 0.5) is 4.39 Å². The predicted octanol–water partition coefficient (Wildman–Crippen LogP) is 6.12. The maximum Gasteiger partial charge on any atom is 0.152 e. The van der Waals surface area contributed by atoms with E-state index in [-0.39, 0.29) is 5.82 Å². The van der Waals surface area contributed by atoms with Gasteiger partial charge in [0.25, 0.3) is 0 Å². The second-order valence-corrected chi connectivity index (χ2v) is 5.98. The van der Waals surface area contributed by atoms with Gasteiger partial charge in [0.15, 0.2) is 5.76 Å². The maximum absolute atomic E-state index is 13.3. The Morgan fingerprint density at radius 3 is 2.12 bits per heavy atom. The third kappa shape index (κ3) is 3.22. The topological polar surface area (TPSA) is 26.0 Å². The molecule has 122 valence electrons. The third-order valence-electron chi connectivity index (χ3n) is 4.12. The molecule has 0 atom stereocenters. The highest BCUT2D eigenvalue weighted by Gasteiger charge is 2.10. The van der Waals surface area contributed by atoms with E-state index < -0.39 is 0 Å². The molecule has 0 unspecified atom stereocenters. The molecule has 0 saturated carbocycles. The van der Waals surface area contributed by atoms with Crippen molar-refractivity contribution in [3.05, 3.63) is 90.4 Å². The van der Waals surface area contributed by atoms with Crippen LogP contribution < -0.4 is 0 Å². The fraction of sp³-hybridized carbons (Fsp3) is 0.0455. The summed E-state index contributed by atoms with van der Waals surface area (Å²) in [6, 6.07) is 22.4. The van der Waals surface area contributed by atoms with Crippen molar-refractivity contribution in [3.8, 4) is 33.8 Å². The fourth-order valence-corrected chi connectivity index (χ4v) is 2.76. The van der Waals surface area contributed by atoms with E-state index in [1.165, 1.54) is 17.7 Å². The average molecular weight is 329 g/mol. The number of rotatable bonds is 3. The molecule has 0 fully saturated rings. The van der Waals surface area contributed by atoms with Crippen molar-refractivity contribution in [3.63, 3.8) is 0 Å². The van der Waals surface area contributed by atoms with Crippen molar-refractivity contribution >= 4 is 0 Å². The van der Waals surface area contributed by atoms with E-state index in [0.717, 1.165) is 28.1 Å². The molecular weight excluding hydrogens is 313 g/mol. The maximum atomic E-state index is 13.3. The predicted molar refractivity (Wildman–Crippen MR) is 97.5 cm³/mol. The molecule has 4 aromatic rings. The highest BCUT2D eigenvalue weighted by Crippen LogP contribution is 2.30. The van der Waals surface area contributed by atoms with E-state index in [1.54, 1.807) is 18.4 Å². The first kappa shape index (κ1) is 15.3. The zero-order valence-corrected chi connectivity index (χ0v) is 13.7. The first-order valence-electron chi connectivity index (χ1n) is 8.08. The Hall–Kier alpha value is -3.20. The van der Waals surface area contributed by atoms with Gasteiger partial charge in [0.05, 0.1) is 12.0 Å². The van der Waals surface area contributed by atoms with Crippen LogP contribution in [0.15, 0.2) is 83.5 Å². The number of benzene rings is 2. The molecule has 0 amide bonds. The summed E-state index contributed by atoms with van der Waals surface area (Å²) in [5.74, 6) is 0.458. The molecule has 0 aliphatic heterocycles. The second-order valence-electron chi connectivity index (χ2n) is 5.98. The van der Waals surface area contributed by atoms with Gasteiger partial charge in [0, 0.05) is 5.56 Å². The number of halogens is 1. The third-order valence-corrected chi connectivity index (χ3v) is 4.12. The van der Waals surface area contributed by atoms with Crippen LogP contribution in [0.3, 0.4) is 0 Å². The smallest absolute Gasteiger partial charge is 0.152 e. The lowest BCUT2D eigenvalue weighted by Crippen LogP contribution is -1.90. The van der Waals surface area contributed by atoms with Gasteiger partial charge in [-0.2, -0.15) is 0 Å². The molecular formula is C22H16FNO. The summed E-state index contributed by atoms with van der Waals surface area (Å²) < 4.78 is 18.8. The normalized spacial score (nSPS) is 10.8. The fourth-order valence-electron chi connectivity index (χ4n) is 2.76. The van der Waals surface area contributed by atoms with Crippen LogP contribution in [-0.2, 0) is 0 Å². The molecule has 0 spiro atoms. The number of hydrogen-bond acceptors (Lipinski definition) is 2. The van der Waals surface area contributed by atoms with Gasteiger partial charge in [-0.3, -0.25) is 0 Å². The molecule has 4 rings (SSSR count). The number of pyridine rings is 1. The van der Waals surface area contributed by atoms with Crippen LogP contribution in [0.5, 0.6) is 0 Å². The average Bonchev–Trinajstić information content (AvgIpc) is 3.17. The zero-order valence-electron chi connectivity index (χ0n) is 13.7. The highest BCUT2D eigenvalue weighted by molar-refractivity contribution is 5.75. The number of aryl methyl sites for hydroxylation is 1. The van der Waals surface area contributed by atoms with Gasteiger partial charge in [-0.25, -0.2) is 9.37 Å². The van der Waals surface area contributed by atoms with E-state index in [0.29, 0.717) is 5.76 Å². The van der Waals surface area contributed by atoms with Gasteiger partial charge in [-0.05, 0) is 54.4 Å². The highest BCUT2D eigenvalue weighted by atomic mass is 19.1. The number of aromatic nitrogens is 1. The summed E-state index contributed by atoms with van der Waals surface area (Å²) in [5.41, 5.74) is 5.74. The Morgan fingerprint density at radius 2 is 1.44 bits per heavy atom.